The molecule has 2 amide bonds. The summed E-state index contributed by atoms with van der Waals surface area (Å²) in [6, 6.07) is 10.9. The molecule has 0 bridgehead atoms. The third-order valence-corrected chi connectivity index (χ3v) is 6.73. The van der Waals surface area contributed by atoms with Crippen LogP contribution >= 0.6 is 39.9 Å². The number of anilines is 1. The van der Waals surface area contributed by atoms with E-state index in [-0.39, 0.29) is 18.4 Å². The average Bonchev–Trinajstić information content (AvgIpc) is 2.97. The Morgan fingerprint density at radius 2 is 2.00 bits per heavy atom. The van der Waals surface area contributed by atoms with Gasteiger partial charge in [0.05, 0.1) is 11.5 Å². The van der Waals surface area contributed by atoms with Crippen molar-refractivity contribution in [3.8, 4) is 11.5 Å². The van der Waals surface area contributed by atoms with Crippen LogP contribution in [0.4, 0.5) is 5.69 Å². The topological polar surface area (TPSA) is 67.9 Å². The highest BCUT2D eigenvalue weighted by atomic mass is 79.9. The number of amides is 2. The number of rotatable bonds is 7. The third kappa shape index (κ3) is 5.87. The Morgan fingerprint density at radius 1 is 1.23 bits per heavy atom. The summed E-state index contributed by atoms with van der Waals surface area (Å²) in [7, 11) is 1.65. The Hall–Kier alpha value is -2.36. The largest absolute Gasteiger partial charge is 0.490 e. The van der Waals surface area contributed by atoms with E-state index >= 15 is 0 Å². The minimum atomic E-state index is -0.278. The number of nitrogens with one attached hydrogen (secondary N) is 1. The Bertz CT molecular complexity index is 1070. The molecule has 0 unspecified atom stereocenters. The molecule has 1 aliphatic heterocycles. The van der Waals surface area contributed by atoms with Crippen LogP contribution in [0, 0.1) is 6.92 Å². The number of likely N-dealkylation sites (N-methyl/N-ethyl adjacent to an activating group) is 1. The Balaban J connectivity index is 1.69. The van der Waals surface area contributed by atoms with Gasteiger partial charge in [0, 0.05) is 17.2 Å². The lowest BCUT2D eigenvalue weighted by Gasteiger charge is -2.13. The maximum Gasteiger partial charge on any atom is 0.265 e. The fourth-order valence-electron chi connectivity index (χ4n) is 2.76. The van der Waals surface area contributed by atoms with Gasteiger partial charge in [0.25, 0.3) is 11.8 Å². The fourth-order valence-corrected chi connectivity index (χ4v) is 4.19. The number of ether oxygens (including phenoxy) is 2. The second-order valence-electron chi connectivity index (χ2n) is 6.68. The number of nitrogens with zero attached hydrogens (tertiary/aromatic N) is 1. The molecule has 1 aliphatic rings. The Morgan fingerprint density at radius 3 is 2.65 bits per heavy atom. The first-order valence-corrected chi connectivity index (χ1v) is 11.5. The van der Waals surface area contributed by atoms with Gasteiger partial charge in [0.2, 0.25) is 0 Å². The molecule has 0 radical (unpaired) electrons. The van der Waals surface area contributed by atoms with Crippen LogP contribution in [0.15, 0.2) is 45.8 Å². The lowest BCUT2D eigenvalue weighted by molar-refractivity contribution is -0.121. The van der Waals surface area contributed by atoms with E-state index in [0.717, 1.165) is 15.6 Å². The molecule has 1 N–H and O–H groups in total. The first-order chi connectivity index (χ1) is 14.8. The summed E-state index contributed by atoms with van der Waals surface area (Å²) in [6.07, 6.45) is 1.76. The number of thioether (sulfide) groups is 1. The first kappa shape index (κ1) is 23.3. The molecule has 2 aromatic rings. The molecule has 0 saturated carbocycles. The molecule has 0 aliphatic carbocycles. The number of carbonyl (C=O) groups excluding carboxylic acids is 2. The molecule has 1 fully saturated rings. The summed E-state index contributed by atoms with van der Waals surface area (Å²) in [6.45, 7) is 4.08. The molecular formula is C22H21BrN2O4S2. The van der Waals surface area contributed by atoms with Crippen LogP contribution in [0.2, 0.25) is 0 Å². The van der Waals surface area contributed by atoms with E-state index in [0.29, 0.717) is 33.0 Å². The van der Waals surface area contributed by atoms with Crippen molar-refractivity contribution in [2.24, 2.45) is 0 Å². The van der Waals surface area contributed by atoms with Crippen molar-refractivity contribution >= 4 is 67.8 Å². The van der Waals surface area contributed by atoms with E-state index in [1.165, 1.54) is 16.7 Å². The SMILES string of the molecule is CCOc1cc(/C=C2\SC(=S)N(C)C2=O)ccc1OCC(=O)Nc1ccc(Br)c(C)c1. The zero-order valence-corrected chi connectivity index (χ0v) is 20.4. The Labute approximate surface area is 199 Å². The number of halogens is 1. The molecule has 6 nitrogen and oxygen atoms in total. The van der Waals surface area contributed by atoms with Crippen molar-refractivity contribution in [2.45, 2.75) is 13.8 Å². The zero-order chi connectivity index (χ0) is 22.5. The van der Waals surface area contributed by atoms with Gasteiger partial charge in [0.1, 0.15) is 4.32 Å². The summed E-state index contributed by atoms with van der Waals surface area (Å²) in [5, 5.41) is 2.81. The smallest absolute Gasteiger partial charge is 0.265 e. The lowest BCUT2D eigenvalue weighted by Crippen LogP contribution is -2.22. The van der Waals surface area contributed by atoms with Gasteiger partial charge in [-0.25, -0.2) is 0 Å². The molecule has 9 heteroatoms. The van der Waals surface area contributed by atoms with Crippen LogP contribution in [0.3, 0.4) is 0 Å². The highest BCUT2D eigenvalue weighted by Crippen LogP contribution is 2.34. The maximum absolute atomic E-state index is 12.3. The molecule has 2 aromatic carbocycles. The number of thiocarbonyl (C=S) groups is 1. The molecule has 162 valence electrons. The summed E-state index contributed by atoms with van der Waals surface area (Å²) in [5.41, 5.74) is 2.50. The summed E-state index contributed by atoms with van der Waals surface area (Å²) >= 11 is 9.86. The molecule has 0 spiro atoms. The van der Waals surface area contributed by atoms with Gasteiger partial charge < -0.3 is 14.8 Å². The Kier molecular flexibility index (Phi) is 7.74. The third-order valence-electron chi connectivity index (χ3n) is 4.35. The molecule has 3 rings (SSSR count). The number of hydrogen-bond donors (Lipinski definition) is 1. The number of benzene rings is 2. The summed E-state index contributed by atoms with van der Waals surface area (Å²) in [5.74, 6) is 0.535. The van der Waals surface area contributed by atoms with Crippen LogP contribution in [-0.2, 0) is 9.59 Å². The molecule has 0 atom stereocenters. The van der Waals surface area contributed by atoms with E-state index in [9.17, 15) is 9.59 Å². The van der Waals surface area contributed by atoms with E-state index in [2.05, 4.69) is 21.2 Å². The first-order valence-electron chi connectivity index (χ1n) is 9.45. The monoisotopic (exact) mass is 520 g/mol. The molecule has 1 saturated heterocycles. The second-order valence-corrected chi connectivity index (χ2v) is 9.21. The fraction of sp³-hybridized carbons (Fsp3) is 0.227. The van der Waals surface area contributed by atoms with Crippen molar-refractivity contribution in [1.29, 1.82) is 0 Å². The number of carbonyl (C=O) groups is 2. The van der Waals surface area contributed by atoms with Crippen molar-refractivity contribution in [1.82, 2.24) is 4.90 Å². The average molecular weight is 521 g/mol. The van der Waals surface area contributed by atoms with Crippen molar-refractivity contribution in [2.75, 3.05) is 25.6 Å². The van der Waals surface area contributed by atoms with E-state index in [4.69, 9.17) is 21.7 Å². The van der Waals surface area contributed by atoms with Crippen LogP contribution in [0.25, 0.3) is 6.08 Å². The van der Waals surface area contributed by atoms with Gasteiger partial charge in [-0.05, 0) is 61.4 Å². The van der Waals surface area contributed by atoms with Crippen LogP contribution in [0.1, 0.15) is 18.1 Å². The predicted octanol–water partition coefficient (Wildman–Crippen LogP) is 5.00. The van der Waals surface area contributed by atoms with Crippen molar-refractivity contribution in [3.05, 3.63) is 56.9 Å². The highest BCUT2D eigenvalue weighted by molar-refractivity contribution is 9.10. The van der Waals surface area contributed by atoms with Crippen LogP contribution in [-0.4, -0.2) is 41.3 Å². The van der Waals surface area contributed by atoms with Crippen molar-refractivity contribution in [3.63, 3.8) is 0 Å². The van der Waals surface area contributed by atoms with Gasteiger partial charge in [-0.1, -0.05) is 46.0 Å². The summed E-state index contributed by atoms with van der Waals surface area (Å²) < 4.78 is 12.9. The minimum absolute atomic E-state index is 0.131. The van der Waals surface area contributed by atoms with Gasteiger partial charge >= 0.3 is 0 Å². The van der Waals surface area contributed by atoms with Gasteiger partial charge in [-0.3, -0.25) is 14.5 Å². The zero-order valence-electron chi connectivity index (χ0n) is 17.2. The predicted molar refractivity (Wildman–Crippen MR) is 132 cm³/mol. The molecule has 31 heavy (non-hydrogen) atoms. The van der Waals surface area contributed by atoms with Crippen LogP contribution in [0.5, 0.6) is 11.5 Å². The maximum atomic E-state index is 12.3. The minimum Gasteiger partial charge on any atom is -0.490 e. The van der Waals surface area contributed by atoms with Crippen molar-refractivity contribution < 1.29 is 19.1 Å². The van der Waals surface area contributed by atoms with Gasteiger partial charge in [-0.2, -0.15) is 0 Å². The lowest BCUT2D eigenvalue weighted by atomic mass is 10.2. The quantitative estimate of drug-likeness (QED) is 0.409. The molecule has 1 heterocycles. The second kappa shape index (κ2) is 10.3. The molecule has 0 aromatic heterocycles. The molecular weight excluding hydrogens is 500 g/mol. The summed E-state index contributed by atoms with van der Waals surface area (Å²) in [4.78, 5) is 26.5. The van der Waals surface area contributed by atoms with Gasteiger partial charge in [0.15, 0.2) is 18.1 Å². The van der Waals surface area contributed by atoms with Crippen LogP contribution < -0.4 is 14.8 Å². The standard InChI is InChI=1S/C22H21BrN2O4S2/c1-4-28-18-10-14(11-19-21(27)25(3)22(30)31-19)5-8-17(18)29-12-20(26)24-15-6-7-16(23)13(2)9-15/h5-11H,4,12H2,1-3H3,(H,24,26)/b19-11-. The van der Waals surface area contributed by atoms with E-state index in [1.54, 1.807) is 31.3 Å². The number of aryl methyl sites for hydroxylation is 1. The van der Waals surface area contributed by atoms with Gasteiger partial charge in [-0.15, -0.1) is 0 Å². The van der Waals surface area contributed by atoms with E-state index < -0.39 is 0 Å². The van der Waals surface area contributed by atoms with E-state index in [1.807, 2.05) is 32.0 Å². The highest BCUT2D eigenvalue weighted by Gasteiger charge is 2.28. The number of hydrogen-bond acceptors (Lipinski definition) is 6. The normalized spacial score (nSPS) is 14.8.